The van der Waals surface area contributed by atoms with Gasteiger partial charge in [0.05, 0.1) is 0 Å². The normalized spacial score (nSPS) is 17.2. The second-order valence-electron chi connectivity index (χ2n) is 8.46. The number of hydrogen-bond acceptors (Lipinski definition) is 6. The third-order valence-electron chi connectivity index (χ3n) is 3.53. The average Bonchev–Trinajstić information content (AvgIpc) is 2.94. The molecule has 150 valence electrons. The lowest BCUT2D eigenvalue weighted by Crippen LogP contribution is -2.48. The summed E-state index contributed by atoms with van der Waals surface area (Å²) >= 11 is 0. The summed E-state index contributed by atoms with van der Waals surface area (Å²) in [6, 6.07) is 0. The molecule has 1 rings (SSSR count). The molecule has 0 aromatic rings. The molecule has 0 radical (unpaired) electrons. The first kappa shape index (κ1) is 22.2. The molecule has 1 aliphatic rings. The van der Waals surface area contributed by atoms with Crippen LogP contribution in [-0.2, 0) is 9.47 Å². The summed E-state index contributed by atoms with van der Waals surface area (Å²) in [5.74, 6) is 0. The van der Waals surface area contributed by atoms with E-state index in [0.717, 1.165) is 30.8 Å². The molecule has 1 heterocycles. The average molecular weight is 370 g/mol. The van der Waals surface area contributed by atoms with Crippen molar-refractivity contribution in [3.8, 4) is 0 Å². The van der Waals surface area contributed by atoms with Crippen molar-refractivity contribution >= 4 is 18.5 Å². The maximum atomic E-state index is 12.5. The number of carbonyl (C=O) groups is 2. The van der Waals surface area contributed by atoms with Gasteiger partial charge in [0, 0.05) is 20.1 Å². The Morgan fingerprint density at radius 1 is 1.00 bits per heavy atom. The summed E-state index contributed by atoms with van der Waals surface area (Å²) in [6.07, 6.45) is 1.61. The van der Waals surface area contributed by atoms with Gasteiger partial charge in [-0.2, -0.15) is 4.90 Å². The number of hydrogen-bond donors (Lipinski definition) is 0. The van der Waals surface area contributed by atoms with E-state index in [2.05, 4.69) is 10.0 Å². The Morgan fingerprint density at radius 3 is 1.81 bits per heavy atom. The molecule has 26 heavy (non-hydrogen) atoms. The fraction of sp³-hybridized carbons (Fsp3) is 0.833. The minimum Gasteiger partial charge on any atom is -0.443 e. The topological polar surface area (TPSA) is 74.7 Å². The van der Waals surface area contributed by atoms with Crippen LogP contribution in [0.3, 0.4) is 0 Å². The smallest absolute Gasteiger partial charge is 0.421 e. The second-order valence-corrected chi connectivity index (χ2v) is 8.46. The maximum Gasteiger partial charge on any atom is 0.421 e. The standard InChI is InChI=1S/C18H34N4O4/c1-14(19-13-20(8)21-11-9-10-12-21)22(15(23)25-17(2,3)4)16(24)26-18(5,6)7/h13-14H,9-12H2,1-8H3. The molecule has 1 atom stereocenters. The number of nitrogens with zero attached hydrogens (tertiary/aromatic N) is 4. The zero-order valence-electron chi connectivity index (χ0n) is 17.4. The molecule has 0 bridgehead atoms. The highest BCUT2D eigenvalue weighted by atomic mass is 16.6. The van der Waals surface area contributed by atoms with Crippen molar-refractivity contribution in [3.63, 3.8) is 0 Å². The van der Waals surface area contributed by atoms with Gasteiger partial charge in [-0.15, -0.1) is 0 Å². The molecular formula is C18H34N4O4. The predicted octanol–water partition coefficient (Wildman–Crippen LogP) is 3.48. The summed E-state index contributed by atoms with van der Waals surface area (Å²) in [5.41, 5.74) is -1.46. The third-order valence-corrected chi connectivity index (χ3v) is 3.53. The molecule has 1 aliphatic heterocycles. The highest BCUT2D eigenvalue weighted by Gasteiger charge is 2.34. The Balaban J connectivity index is 2.90. The molecule has 1 fully saturated rings. The van der Waals surface area contributed by atoms with E-state index in [4.69, 9.17) is 9.47 Å². The molecule has 0 aliphatic carbocycles. The predicted molar refractivity (Wildman–Crippen MR) is 101 cm³/mol. The summed E-state index contributed by atoms with van der Waals surface area (Å²) in [6.45, 7) is 14.1. The summed E-state index contributed by atoms with van der Waals surface area (Å²) in [4.78, 5) is 30.3. The van der Waals surface area contributed by atoms with Gasteiger partial charge >= 0.3 is 12.2 Å². The Labute approximate surface area is 157 Å². The van der Waals surface area contributed by atoms with E-state index in [1.807, 2.05) is 12.1 Å². The van der Waals surface area contributed by atoms with Gasteiger partial charge in [0.1, 0.15) is 23.7 Å². The lowest BCUT2D eigenvalue weighted by molar-refractivity contribution is -0.00523. The number of carbonyl (C=O) groups excluding carboxylic acids is 2. The Hall–Kier alpha value is -1.83. The fourth-order valence-electron chi connectivity index (χ4n) is 2.35. The third kappa shape index (κ3) is 7.59. The molecule has 8 nitrogen and oxygen atoms in total. The van der Waals surface area contributed by atoms with Crippen molar-refractivity contribution in [2.75, 3.05) is 20.1 Å². The summed E-state index contributed by atoms with van der Waals surface area (Å²) in [5, 5.41) is 4.04. The van der Waals surface area contributed by atoms with E-state index in [-0.39, 0.29) is 0 Å². The van der Waals surface area contributed by atoms with Crippen LogP contribution < -0.4 is 0 Å². The molecular weight excluding hydrogens is 336 g/mol. The highest BCUT2D eigenvalue weighted by molar-refractivity contribution is 5.88. The van der Waals surface area contributed by atoms with Gasteiger partial charge in [-0.1, -0.05) is 0 Å². The SMILES string of the molecule is CC(N=CN(C)N1CCCC1)N(C(=O)OC(C)(C)C)C(=O)OC(C)(C)C. The van der Waals surface area contributed by atoms with Gasteiger partial charge in [0.25, 0.3) is 0 Å². The lowest BCUT2D eigenvalue weighted by atomic mass is 10.2. The van der Waals surface area contributed by atoms with E-state index >= 15 is 0 Å². The van der Waals surface area contributed by atoms with E-state index in [1.165, 1.54) is 0 Å². The Morgan fingerprint density at radius 2 is 1.42 bits per heavy atom. The molecule has 0 spiro atoms. The maximum absolute atomic E-state index is 12.5. The van der Waals surface area contributed by atoms with Crippen molar-refractivity contribution in [2.24, 2.45) is 4.99 Å². The highest BCUT2D eigenvalue weighted by Crippen LogP contribution is 2.17. The van der Waals surface area contributed by atoms with Gasteiger partial charge in [-0.25, -0.2) is 19.6 Å². The summed E-state index contributed by atoms with van der Waals surface area (Å²) in [7, 11) is 1.90. The Bertz CT molecular complexity index is 488. The lowest BCUT2D eigenvalue weighted by Gasteiger charge is -2.31. The van der Waals surface area contributed by atoms with Gasteiger partial charge in [-0.05, 0) is 61.3 Å². The second kappa shape index (κ2) is 8.70. The van der Waals surface area contributed by atoms with Crippen LogP contribution in [-0.4, -0.2) is 70.9 Å². The number of imide groups is 1. The minimum absolute atomic E-state index is 0.729. The molecule has 2 amide bonds. The van der Waals surface area contributed by atoms with Crippen molar-refractivity contribution in [1.82, 2.24) is 14.9 Å². The van der Waals surface area contributed by atoms with Gasteiger partial charge in [0.15, 0.2) is 0 Å². The van der Waals surface area contributed by atoms with Crippen LogP contribution in [0.15, 0.2) is 4.99 Å². The van der Waals surface area contributed by atoms with Crippen LogP contribution in [0.25, 0.3) is 0 Å². The van der Waals surface area contributed by atoms with Crippen LogP contribution in [0.2, 0.25) is 0 Å². The zero-order valence-corrected chi connectivity index (χ0v) is 17.4. The molecule has 8 heteroatoms. The number of aliphatic imine (C=N–C) groups is 1. The molecule has 0 aromatic heterocycles. The first-order valence-corrected chi connectivity index (χ1v) is 9.06. The number of amides is 2. The number of hydrazine groups is 1. The number of rotatable bonds is 4. The van der Waals surface area contributed by atoms with Crippen LogP contribution in [0, 0.1) is 0 Å². The van der Waals surface area contributed by atoms with E-state index in [0.29, 0.717) is 0 Å². The molecule has 0 N–H and O–H groups in total. The van der Waals surface area contributed by atoms with Crippen molar-refractivity contribution < 1.29 is 19.1 Å². The van der Waals surface area contributed by atoms with Gasteiger partial charge in [0.2, 0.25) is 0 Å². The van der Waals surface area contributed by atoms with E-state index < -0.39 is 29.6 Å². The molecule has 0 saturated carbocycles. The first-order valence-electron chi connectivity index (χ1n) is 9.06. The van der Waals surface area contributed by atoms with E-state index in [1.54, 1.807) is 54.8 Å². The quantitative estimate of drug-likeness (QED) is 0.557. The monoisotopic (exact) mass is 370 g/mol. The minimum atomic E-state index is -0.778. The number of ether oxygens (including phenoxy) is 2. The van der Waals surface area contributed by atoms with Crippen LogP contribution in [0.5, 0.6) is 0 Å². The zero-order chi connectivity index (χ0) is 20.1. The molecule has 0 aromatic carbocycles. The van der Waals surface area contributed by atoms with E-state index in [9.17, 15) is 9.59 Å². The van der Waals surface area contributed by atoms with Gasteiger partial charge in [-0.3, -0.25) is 5.01 Å². The van der Waals surface area contributed by atoms with Gasteiger partial charge < -0.3 is 9.47 Å². The Kier molecular flexibility index (Phi) is 7.44. The van der Waals surface area contributed by atoms with Crippen LogP contribution >= 0.6 is 0 Å². The van der Waals surface area contributed by atoms with Crippen molar-refractivity contribution in [1.29, 1.82) is 0 Å². The van der Waals surface area contributed by atoms with Crippen molar-refractivity contribution in [2.45, 2.75) is 78.7 Å². The van der Waals surface area contributed by atoms with Crippen LogP contribution in [0.1, 0.15) is 61.3 Å². The van der Waals surface area contributed by atoms with Crippen LogP contribution in [0.4, 0.5) is 9.59 Å². The van der Waals surface area contributed by atoms with Crippen molar-refractivity contribution in [3.05, 3.63) is 0 Å². The molecule has 1 unspecified atom stereocenters. The fourth-order valence-corrected chi connectivity index (χ4v) is 2.35. The largest absolute Gasteiger partial charge is 0.443 e. The first-order chi connectivity index (χ1) is 11.8. The molecule has 1 saturated heterocycles. The summed E-state index contributed by atoms with van der Waals surface area (Å²) < 4.78 is 10.7.